The summed E-state index contributed by atoms with van der Waals surface area (Å²) in [7, 11) is 1.50. The Balaban J connectivity index is 2.76. The van der Waals surface area contributed by atoms with Crippen molar-refractivity contribution in [1.29, 1.82) is 0 Å². The van der Waals surface area contributed by atoms with E-state index in [1.54, 1.807) is 24.3 Å². The molecule has 0 unspecified atom stereocenters. The van der Waals surface area contributed by atoms with E-state index in [2.05, 4.69) is 15.4 Å². The van der Waals surface area contributed by atoms with Gasteiger partial charge >= 0.3 is 6.09 Å². The van der Waals surface area contributed by atoms with Gasteiger partial charge in [-0.1, -0.05) is 12.1 Å². The summed E-state index contributed by atoms with van der Waals surface area (Å²) < 4.78 is 4.63. The van der Waals surface area contributed by atoms with Crippen LogP contribution in [0.2, 0.25) is 0 Å². The molecule has 92 valence electrons. The average Bonchev–Trinajstić information content (AvgIpc) is 2.36. The van der Waals surface area contributed by atoms with E-state index in [1.165, 1.54) is 7.05 Å². The van der Waals surface area contributed by atoms with Crippen molar-refractivity contribution < 1.29 is 19.4 Å². The van der Waals surface area contributed by atoms with Crippen LogP contribution in [-0.2, 0) is 4.74 Å². The van der Waals surface area contributed by atoms with Gasteiger partial charge in [0.15, 0.2) is 0 Å². The first kappa shape index (κ1) is 13.0. The number of aliphatic hydroxyl groups excluding tert-OH is 1. The predicted molar refractivity (Wildman–Crippen MR) is 61.9 cm³/mol. The molecule has 0 aliphatic carbocycles. The van der Waals surface area contributed by atoms with E-state index < -0.39 is 6.09 Å². The monoisotopic (exact) mass is 238 g/mol. The molecule has 0 atom stereocenters. The van der Waals surface area contributed by atoms with Crippen molar-refractivity contribution >= 4 is 17.7 Å². The molecule has 0 heterocycles. The first-order valence-corrected chi connectivity index (χ1v) is 5.04. The summed E-state index contributed by atoms with van der Waals surface area (Å²) in [6.07, 6.45) is -0.713. The Morgan fingerprint density at radius 2 is 2.06 bits per heavy atom. The van der Waals surface area contributed by atoms with Gasteiger partial charge in [0.25, 0.3) is 5.91 Å². The number of benzene rings is 1. The zero-order valence-corrected chi connectivity index (χ0v) is 9.40. The number of hydrogen-bond acceptors (Lipinski definition) is 4. The Labute approximate surface area is 98.6 Å². The highest BCUT2D eigenvalue weighted by molar-refractivity contribution is 6.02. The molecule has 0 aromatic heterocycles. The maximum Gasteiger partial charge on any atom is 0.411 e. The first-order chi connectivity index (χ1) is 8.19. The van der Waals surface area contributed by atoms with Crippen LogP contribution >= 0.6 is 0 Å². The number of ether oxygens (including phenoxy) is 1. The fourth-order valence-corrected chi connectivity index (χ4v) is 1.21. The Morgan fingerprint density at radius 1 is 1.35 bits per heavy atom. The van der Waals surface area contributed by atoms with Gasteiger partial charge in [-0.2, -0.15) is 0 Å². The molecule has 3 N–H and O–H groups in total. The van der Waals surface area contributed by atoms with E-state index in [9.17, 15) is 9.59 Å². The predicted octanol–water partition coefficient (Wildman–Crippen LogP) is 0.587. The zero-order valence-electron chi connectivity index (χ0n) is 9.40. The molecule has 0 aliphatic rings. The van der Waals surface area contributed by atoms with Crippen molar-refractivity contribution in [3.63, 3.8) is 0 Å². The highest BCUT2D eigenvalue weighted by Crippen LogP contribution is 2.14. The molecule has 0 aliphatic heterocycles. The van der Waals surface area contributed by atoms with Gasteiger partial charge in [-0.05, 0) is 12.1 Å². The molecular formula is C11H14N2O4. The topological polar surface area (TPSA) is 87.7 Å². The maximum atomic E-state index is 11.5. The van der Waals surface area contributed by atoms with Gasteiger partial charge in [-0.3, -0.25) is 10.1 Å². The second-order valence-corrected chi connectivity index (χ2v) is 3.11. The third-order valence-electron chi connectivity index (χ3n) is 1.96. The summed E-state index contributed by atoms with van der Waals surface area (Å²) in [6.45, 7) is -0.335. The van der Waals surface area contributed by atoms with Crippen LogP contribution in [0.3, 0.4) is 0 Å². The van der Waals surface area contributed by atoms with E-state index in [-0.39, 0.29) is 19.1 Å². The normalized spacial score (nSPS) is 9.53. The number of rotatable bonds is 4. The first-order valence-electron chi connectivity index (χ1n) is 5.04. The molecule has 6 heteroatoms. The number of carbonyl (C=O) groups is 2. The van der Waals surface area contributed by atoms with Crippen LogP contribution in [0.5, 0.6) is 0 Å². The molecule has 0 saturated carbocycles. The molecule has 0 radical (unpaired) electrons. The Kier molecular flexibility index (Phi) is 4.96. The molecule has 1 aromatic rings. The Hall–Kier alpha value is -2.08. The van der Waals surface area contributed by atoms with Gasteiger partial charge in [0.1, 0.15) is 6.61 Å². The summed E-state index contributed by atoms with van der Waals surface area (Å²) in [5, 5.41) is 13.4. The third-order valence-corrected chi connectivity index (χ3v) is 1.96. The van der Waals surface area contributed by atoms with Crippen molar-refractivity contribution in [3.8, 4) is 0 Å². The van der Waals surface area contributed by atoms with Crippen LogP contribution in [0.1, 0.15) is 10.4 Å². The van der Waals surface area contributed by atoms with E-state index >= 15 is 0 Å². The van der Waals surface area contributed by atoms with Gasteiger partial charge in [0.05, 0.1) is 17.9 Å². The van der Waals surface area contributed by atoms with Crippen LogP contribution in [0.25, 0.3) is 0 Å². The van der Waals surface area contributed by atoms with Gasteiger partial charge in [0, 0.05) is 7.05 Å². The van der Waals surface area contributed by atoms with Gasteiger partial charge in [-0.25, -0.2) is 4.79 Å². The molecular weight excluding hydrogens is 224 g/mol. The Morgan fingerprint density at radius 3 is 2.71 bits per heavy atom. The molecule has 0 bridgehead atoms. The van der Waals surface area contributed by atoms with Crippen LogP contribution in [0.15, 0.2) is 24.3 Å². The highest BCUT2D eigenvalue weighted by atomic mass is 16.6. The van der Waals surface area contributed by atoms with Crippen molar-refractivity contribution in [2.24, 2.45) is 0 Å². The van der Waals surface area contributed by atoms with Crippen LogP contribution < -0.4 is 10.6 Å². The van der Waals surface area contributed by atoms with Gasteiger partial charge in [-0.15, -0.1) is 0 Å². The molecule has 0 fully saturated rings. The summed E-state index contributed by atoms with van der Waals surface area (Å²) in [4.78, 5) is 22.7. The number of anilines is 1. The second-order valence-electron chi connectivity index (χ2n) is 3.11. The fourth-order valence-electron chi connectivity index (χ4n) is 1.21. The van der Waals surface area contributed by atoms with E-state index in [4.69, 9.17) is 5.11 Å². The van der Waals surface area contributed by atoms with Crippen molar-refractivity contribution in [3.05, 3.63) is 29.8 Å². The number of para-hydroxylation sites is 1. The number of hydrogen-bond donors (Lipinski definition) is 3. The summed E-state index contributed by atoms with van der Waals surface area (Å²) >= 11 is 0. The van der Waals surface area contributed by atoms with Crippen LogP contribution in [-0.4, -0.2) is 37.4 Å². The highest BCUT2D eigenvalue weighted by Gasteiger charge is 2.11. The molecule has 17 heavy (non-hydrogen) atoms. The summed E-state index contributed by atoms with van der Waals surface area (Å²) in [5.41, 5.74) is 0.700. The lowest BCUT2D eigenvalue weighted by molar-refractivity contribution is 0.0964. The quantitative estimate of drug-likeness (QED) is 0.716. The molecule has 0 saturated heterocycles. The van der Waals surface area contributed by atoms with Crippen molar-refractivity contribution in [2.75, 3.05) is 25.6 Å². The fraction of sp³-hybridized carbons (Fsp3) is 0.273. The zero-order chi connectivity index (χ0) is 12.7. The molecule has 0 spiro atoms. The van der Waals surface area contributed by atoms with Gasteiger partial charge < -0.3 is 15.2 Å². The van der Waals surface area contributed by atoms with E-state index in [0.29, 0.717) is 11.3 Å². The summed E-state index contributed by atoms with van der Waals surface area (Å²) in [6, 6.07) is 6.55. The lowest BCUT2D eigenvalue weighted by Crippen LogP contribution is -2.22. The van der Waals surface area contributed by atoms with E-state index in [0.717, 1.165) is 0 Å². The minimum absolute atomic E-state index is 0.0893. The number of carbonyl (C=O) groups excluding carboxylic acids is 2. The minimum atomic E-state index is -0.713. The molecule has 6 nitrogen and oxygen atoms in total. The van der Waals surface area contributed by atoms with Gasteiger partial charge in [0.2, 0.25) is 0 Å². The number of nitrogens with one attached hydrogen (secondary N) is 2. The maximum absolute atomic E-state index is 11.5. The molecule has 2 amide bonds. The Bertz CT molecular complexity index is 406. The smallest absolute Gasteiger partial charge is 0.411 e. The molecule has 1 aromatic carbocycles. The SMILES string of the molecule is CNC(=O)c1ccccc1NC(=O)OCCO. The van der Waals surface area contributed by atoms with Crippen molar-refractivity contribution in [1.82, 2.24) is 5.32 Å². The van der Waals surface area contributed by atoms with Crippen molar-refractivity contribution in [2.45, 2.75) is 0 Å². The number of amides is 2. The number of aliphatic hydroxyl groups is 1. The average molecular weight is 238 g/mol. The largest absolute Gasteiger partial charge is 0.447 e. The van der Waals surface area contributed by atoms with Crippen LogP contribution in [0, 0.1) is 0 Å². The standard InChI is InChI=1S/C11H14N2O4/c1-12-10(15)8-4-2-3-5-9(8)13-11(16)17-7-6-14/h2-5,14H,6-7H2,1H3,(H,12,15)(H,13,16). The van der Waals surface area contributed by atoms with Crippen LogP contribution in [0.4, 0.5) is 10.5 Å². The summed E-state index contributed by atoms with van der Waals surface area (Å²) in [5.74, 6) is -0.303. The third kappa shape index (κ3) is 3.76. The second kappa shape index (κ2) is 6.49. The molecule has 1 rings (SSSR count). The minimum Gasteiger partial charge on any atom is -0.447 e. The lowest BCUT2D eigenvalue weighted by Gasteiger charge is -2.09. The van der Waals surface area contributed by atoms with E-state index in [1.807, 2.05) is 0 Å². The lowest BCUT2D eigenvalue weighted by atomic mass is 10.1.